The lowest BCUT2D eigenvalue weighted by Crippen LogP contribution is -2.40. The Morgan fingerprint density at radius 3 is 2.11 bits per heavy atom. The molecule has 0 unspecified atom stereocenters. The summed E-state index contributed by atoms with van der Waals surface area (Å²) in [4.78, 5) is 18.7. The normalized spacial score (nSPS) is 18.5. The third-order valence-electron chi connectivity index (χ3n) is 5.98. The molecule has 0 spiro atoms. The van der Waals surface area contributed by atoms with Crippen LogP contribution in [0.4, 0.5) is 30.7 Å². The molecule has 1 aliphatic carbocycles. The Morgan fingerprint density at radius 2 is 1.59 bits per heavy atom. The van der Waals surface area contributed by atoms with E-state index >= 15 is 0 Å². The molecule has 2 aromatic heterocycles. The van der Waals surface area contributed by atoms with E-state index in [0.717, 1.165) is 30.5 Å². The number of alkyl halides is 6. The van der Waals surface area contributed by atoms with Crippen molar-refractivity contribution in [2.45, 2.75) is 48.2 Å². The van der Waals surface area contributed by atoms with Gasteiger partial charge >= 0.3 is 12.4 Å². The lowest BCUT2D eigenvalue weighted by Gasteiger charge is -2.35. The number of hydrogen-bond donors (Lipinski definition) is 0. The van der Waals surface area contributed by atoms with Crippen LogP contribution in [-0.2, 0) is 33.4 Å². The lowest BCUT2D eigenvalue weighted by molar-refractivity contribution is -0.145. The Balaban J connectivity index is 1.51. The van der Waals surface area contributed by atoms with E-state index < -0.39 is 68.5 Å². The summed E-state index contributed by atoms with van der Waals surface area (Å²) in [6, 6.07) is 4.20. The molecule has 0 aliphatic heterocycles. The second-order valence-corrected chi connectivity index (χ2v) is 10.7. The summed E-state index contributed by atoms with van der Waals surface area (Å²) in [7, 11) is -3.87. The number of carbonyl (C=O) groups excluding carboxylic acids is 1. The maximum absolute atomic E-state index is 13.5. The van der Waals surface area contributed by atoms with Gasteiger partial charge in [-0.2, -0.15) is 31.4 Å². The van der Waals surface area contributed by atoms with Gasteiger partial charge in [-0.15, -0.1) is 0 Å². The van der Waals surface area contributed by atoms with E-state index in [1.165, 1.54) is 0 Å². The Hall–Kier alpha value is -3.36. The summed E-state index contributed by atoms with van der Waals surface area (Å²) < 4.78 is 118. The molecule has 7 nitrogen and oxygen atoms in total. The first-order valence-corrected chi connectivity index (χ1v) is 12.3. The van der Waals surface area contributed by atoms with Crippen LogP contribution in [0.25, 0.3) is 5.69 Å². The first-order chi connectivity index (χ1) is 17.2. The fourth-order valence-corrected chi connectivity index (χ4v) is 6.10. The smallest absolute Gasteiger partial charge is 0.299 e. The van der Waals surface area contributed by atoms with E-state index in [1.807, 2.05) is 0 Å². The second-order valence-electron chi connectivity index (χ2n) is 8.50. The summed E-state index contributed by atoms with van der Waals surface area (Å²) in [6.45, 7) is 0. The fourth-order valence-electron chi connectivity index (χ4n) is 4.05. The largest absolute Gasteiger partial charge is 0.451 e. The quantitative estimate of drug-likeness (QED) is 0.316. The summed E-state index contributed by atoms with van der Waals surface area (Å²) in [5, 5.41) is 2.43. The van der Waals surface area contributed by atoms with Gasteiger partial charge in [-0.1, -0.05) is 0 Å². The summed E-state index contributed by atoms with van der Waals surface area (Å²) in [5.74, 6) is -3.41. The average molecular weight is 550 g/mol. The molecule has 1 aliphatic rings. The fraction of sp³-hybridized carbons (Fsp3) is 0.364. The monoisotopic (exact) mass is 550 g/mol. The number of hydrogen-bond acceptors (Lipinski definition) is 6. The molecular formula is C22H17F7N4O3S. The van der Waals surface area contributed by atoms with Gasteiger partial charge in [-0.25, -0.2) is 27.5 Å². The number of rotatable bonds is 7. The van der Waals surface area contributed by atoms with Crippen LogP contribution in [0.5, 0.6) is 0 Å². The number of Topliss-reactive ketones (excluding diaryl/α,β-unsaturated/α-hetero) is 1. The first-order valence-electron chi connectivity index (χ1n) is 10.7. The molecule has 15 heteroatoms. The molecule has 2 heterocycles. The zero-order valence-corrected chi connectivity index (χ0v) is 19.4. The number of ketones is 1. The van der Waals surface area contributed by atoms with Crippen LogP contribution in [0.15, 0.2) is 47.8 Å². The van der Waals surface area contributed by atoms with E-state index in [9.17, 15) is 43.9 Å². The van der Waals surface area contributed by atoms with Gasteiger partial charge in [-0.3, -0.25) is 4.79 Å². The molecule has 198 valence electrons. The highest BCUT2D eigenvalue weighted by Gasteiger charge is 2.43. The summed E-state index contributed by atoms with van der Waals surface area (Å²) >= 11 is 0. The molecular weight excluding hydrogens is 533 g/mol. The van der Waals surface area contributed by atoms with Crippen molar-refractivity contribution in [3.8, 4) is 5.69 Å². The Morgan fingerprint density at radius 1 is 0.973 bits per heavy atom. The van der Waals surface area contributed by atoms with Crippen molar-refractivity contribution in [3.05, 3.63) is 65.8 Å². The summed E-state index contributed by atoms with van der Waals surface area (Å²) in [6.07, 6.45) is -8.10. The molecule has 0 amide bonds. The van der Waals surface area contributed by atoms with E-state index in [0.29, 0.717) is 23.5 Å². The Bertz CT molecular complexity index is 1400. The topological polar surface area (TPSA) is 94.8 Å². The molecule has 2 atom stereocenters. The number of nitrogens with zero attached hydrogens (tertiary/aromatic N) is 4. The van der Waals surface area contributed by atoms with E-state index in [2.05, 4.69) is 15.1 Å². The molecule has 37 heavy (non-hydrogen) atoms. The molecule has 0 saturated heterocycles. The minimum atomic E-state index is -4.97. The van der Waals surface area contributed by atoms with Crippen molar-refractivity contribution in [1.29, 1.82) is 0 Å². The molecule has 0 bridgehead atoms. The van der Waals surface area contributed by atoms with Crippen molar-refractivity contribution >= 4 is 15.6 Å². The average Bonchev–Trinajstić information content (AvgIpc) is 3.20. The van der Waals surface area contributed by atoms with Gasteiger partial charge in [0.15, 0.2) is 15.5 Å². The van der Waals surface area contributed by atoms with Crippen LogP contribution >= 0.6 is 0 Å². The van der Waals surface area contributed by atoms with Crippen LogP contribution in [0.3, 0.4) is 0 Å². The van der Waals surface area contributed by atoms with Crippen molar-refractivity contribution in [3.63, 3.8) is 0 Å². The Labute approximate surface area is 205 Å². The Kier molecular flexibility index (Phi) is 6.86. The van der Waals surface area contributed by atoms with Crippen LogP contribution < -0.4 is 0 Å². The predicted molar refractivity (Wildman–Crippen MR) is 113 cm³/mol. The molecule has 0 N–H and O–H groups in total. The molecule has 3 aromatic rings. The van der Waals surface area contributed by atoms with Crippen LogP contribution in [0.2, 0.25) is 0 Å². The van der Waals surface area contributed by atoms with Crippen molar-refractivity contribution < 1.29 is 43.9 Å². The third-order valence-corrected chi connectivity index (χ3v) is 8.33. The van der Waals surface area contributed by atoms with Crippen LogP contribution in [0.1, 0.15) is 36.3 Å². The molecule has 1 fully saturated rings. The van der Waals surface area contributed by atoms with Gasteiger partial charge in [0.05, 0.1) is 22.5 Å². The van der Waals surface area contributed by atoms with E-state index in [1.54, 1.807) is 0 Å². The maximum Gasteiger partial charge on any atom is 0.451 e. The number of carbonyl (C=O) groups is 1. The van der Waals surface area contributed by atoms with Gasteiger partial charge < -0.3 is 0 Å². The SMILES string of the molecule is O=C(Cc1cn(-c2cnc(C(F)(F)F)nc2)nc1C(F)(F)F)C[C@@H]1CC[C@@H]1S(=O)(=O)c1ccc(F)cc1. The molecule has 4 rings (SSSR count). The zero-order chi connectivity index (χ0) is 27.2. The van der Waals surface area contributed by atoms with Crippen molar-refractivity contribution in [2.24, 2.45) is 5.92 Å². The van der Waals surface area contributed by atoms with Gasteiger partial charge in [0.2, 0.25) is 5.82 Å². The van der Waals surface area contributed by atoms with Gasteiger partial charge in [0.1, 0.15) is 17.3 Å². The van der Waals surface area contributed by atoms with Gasteiger partial charge in [0.25, 0.3) is 0 Å². The van der Waals surface area contributed by atoms with Gasteiger partial charge in [-0.05, 0) is 43.0 Å². The lowest BCUT2D eigenvalue weighted by atomic mass is 9.80. The zero-order valence-electron chi connectivity index (χ0n) is 18.6. The number of sulfone groups is 1. The van der Waals surface area contributed by atoms with Gasteiger partial charge in [0, 0.05) is 24.6 Å². The third kappa shape index (κ3) is 5.65. The first kappa shape index (κ1) is 26.7. The van der Waals surface area contributed by atoms with Crippen LogP contribution in [-0.4, -0.2) is 39.2 Å². The minimum absolute atomic E-state index is 0.115. The highest BCUT2D eigenvalue weighted by Crippen LogP contribution is 2.40. The van der Waals surface area contributed by atoms with E-state index in [4.69, 9.17) is 0 Å². The summed E-state index contributed by atoms with van der Waals surface area (Å²) in [5.41, 5.74) is -2.24. The predicted octanol–water partition coefficient (Wildman–Crippen LogP) is 4.59. The number of benzene rings is 1. The highest BCUT2D eigenvalue weighted by molar-refractivity contribution is 7.92. The molecule has 1 saturated carbocycles. The van der Waals surface area contributed by atoms with Crippen molar-refractivity contribution in [1.82, 2.24) is 19.7 Å². The van der Waals surface area contributed by atoms with Crippen molar-refractivity contribution in [2.75, 3.05) is 0 Å². The maximum atomic E-state index is 13.5. The number of halogens is 7. The highest BCUT2D eigenvalue weighted by atomic mass is 32.2. The molecule has 1 aromatic carbocycles. The van der Waals surface area contributed by atoms with E-state index in [-0.39, 0.29) is 23.4 Å². The van der Waals surface area contributed by atoms with Crippen LogP contribution in [0, 0.1) is 11.7 Å². The number of aromatic nitrogens is 4. The standard InChI is InChI=1S/C22H17F7N4O3S/c23-14-2-4-17(5-3-14)37(35,36)18-6-1-12(18)7-16(34)8-13-11-33(32-19(13)21(24,25)26)15-9-30-20(31-10-15)22(27,28)29/h2-5,9-12,18H,1,6-8H2/t12-,18-/m0/s1. The second kappa shape index (κ2) is 9.50. The molecule has 0 radical (unpaired) electrons. The minimum Gasteiger partial charge on any atom is -0.299 e.